The van der Waals surface area contributed by atoms with Crippen molar-refractivity contribution < 1.29 is 9.32 Å². The standard InChI is InChI=1S/C20H18N2O2/c1-13-7-6-10-17-16(13)11-12-22(17)20(23)18-14(2)21-24-19(18)15-8-4-3-5-9-15/h3-10H,11-12H2,1-2H3. The number of carbonyl (C=O) groups excluding carboxylic acids is 1. The van der Waals surface area contributed by atoms with Gasteiger partial charge in [-0.2, -0.15) is 0 Å². The third-order valence-corrected chi connectivity index (χ3v) is 4.62. The Kier molecular flexibility index (Phi) is 3.45. The minimum atomic E-state index is -0.0445. The van der Waals surface area contributed by atoms with Gasteiger partial charge in [-0.25, -0.2) is 0 Å². The van der Waals surface area contributed by atoms with Crippen LogP contribution >= 0.6 is 0 Å². The average Bonchev–Trinajstić information content (AvgIpc) is 3.20. The summed E-state index contributed by atoms with van der Waals surface area (Å²) in [5, 5.41) is 4.04. The fourth-order valence-electron chi connectivity index (χ4n) is 3.36. The van der Waals surface area contributed by atoms with Gasteiger partial charge in [0, 0.05) is 17.8 Å². The zero-order chi connectivity index (χ0) is 16.7. The molecular formula is C20H18N2O2. The monoisotopic (exact) mass is 318 g/mol. The van der Waals surface area contributed by atoms with E-state index >= 15 is 0 Å². The number of hydrogen-bond acceptors (Lipinski definition) is 3. The molecule has 0 saturated heterocycles. The van der Waals surface area contributed by atoms with Crippen molar-refractivity contribution >= 4 is 11.6 Å². The Hall–Kier alpha value is -2.88. The Balaban J connectivity index is 1.78. The van der Waals surface area contributed by atoms with Gasteiger partial charge in [0.15, 0.2) is 5.76 Å². The molecule has 0 spiro atoms. The quantitative estimate of drug-likeness (QED) is 0.712. The van der Waals surface area contributed by atoms with Gasteiger partial charge >= 0.3 is 0 Å². The van der Waals surface area contributed by atoms with Crippen molar-refractivity contribution in [1.29, 1.82) is 0 Å². The molecule has 0 N–H and O–H groups in total. The lowest BCUT2D eigenvalue weighted by Gasteiger charge is -2.17. The normalized spacial score (nSPS) is 13.2. The summed E-state index contributed by atoms with van der Waals surface area (Å²) < 4.78 is 5.48. The molecule has 1 aliphatic heterocycles. The van der Waals surface area contributed by atoms with Crippen molar-refractivity contribution in [1.82, 2.24) is 5.16 Å². The first-order valence-electron chi connectivity index (χ1n) is 8.09. The van der Waals surface area contributed by atoms with Gasteiger partial charge in [-0.15, -0.1) is 0 Å². The summed E-state index contributed by atoms with van der Waals surface area (Å²) >= 11 is 0. The van der Waals surface area contributed by atoms with Crippen molar-refractivity contribution in [3.63, 3.8) is 0 Å². The number of hydrogen-bond donors (Lipinski definition) is 0. The predicted octanol–water partition coefficient (Wildman–Crippen LogP) is 4.16. The van der Waals surface area contributed by atoms with Crippen molar-refractivity contribution in [2.75, 3.05) is 11.4 Å². The molecule has 4 rings (SSSR count). The summed E-state index contributed by atoms with van der Waals surface area (Å²) in [5.74, 6) is 0.496. The molecule has 120 valence electrons. The van der Waals surface area contributed by atoms with E-state index < -0.39 is 0 Å². The molecule has 2 aromatic carbocycles. The second-order valence-corrected chi connectivity index (χ2v) is 6.12. The van der Waals surface area contributed by atoms with Gasteiger partial charge in [-0.3, -0.25) is 4.79 Å². The van der Waals surface area contributed by atoms with E-state index in [1.807, 2.05) is 54.3 Å². The van der Waals surface area contributed by atoms with Gasteiger partial charge in [0.2, 0.25) is 0 Å². The molecule has 4 nitrogen and oxygen atoms in total. The fourth-order valence-corrected chi connectivity index (χ4v) is 3.36. The molecule has 0 radical (unpaired) electrons. The molecule has 0 fully saturated rings. The molecule has 0 atom stereocenters. The summed E-state index contributed by atoms with van der Waals surface area (Å²) in [7, 11) is 0. The highest BCUT2D eigenvalue weighted by Crippen LogP contribution is 2.34. The number of amides is 1. The molecule has 2 heterocycles. The van der Waals surface area contributed by atoms with E-state index in [-0.39, 0.29) is 5.91 Å². The Labute approximate surface area is 140 Å². The molecule has 0 unspecified atom stereocenters. The summed E-state index contributed by atoms with van der Waals surface area (Å²) in [4.78, 5) is 15.1. The minimum absolute atomic E-state index is 0.0445. The Morgan fingerprint density at radius 1 is 1.08 bits per heavy atom. The number of aryl methyl sites for hydroxylation is 2. The van der Waals surface area contributed by atoms with Crippen LogP contribution in [0.15, 0.2) is 53.1 Å². The van der Waals surface area contributed by atoms with Gasteiger partial charge in [-0.1, -0.05) is 47.6 Å². The predicted molar refractivity (Wildman–Crippen MR) is 93.2 cm³/mol. The van der Waals surface area contributed by atoms with E-state index in [0.717, 1.165) is 17.7 Å². The lowest BCUT2D eigenvalue weighted by Crippen LogP contribution is -2.29. The van der Waals surface area contributed by atoms with Gasteiger partial charge in [0.05, 0.1) is 5.69 Å². The second-order valence-electron chi connectivity index (χ2n) is 6.12. The van der Waals surface area contributed by atoms with E-state index in [1.54, 1.807) is 0 Å². The van der Waals surface area contributed by atoms with E-state index in [4.69, 9.17) is 4.52 Å². The first-order valence-corrected chi connectivity index (χ1v) is 8.09. The van der Waals surface area contributed by atoms with Gasteiger partial charge in [0.25, 0.3) is 5.91 Å². The number of nitrogens with zero attached hydrogens (tertiary/aromatic N) is 2. The van der Waals surface area contributed by atoms with Crippen LogP contribution in [0.3, 0.4) is 0 Å². The van der Waals surface area contributed by atoms with Crippen LogP contribution in [0.25, 0.3) is 11.3 Å². The number of benzene rings is 2. The number of rotatable bonds is 2. The van der Waals surface area contributed by atoms with Crippen molar-refractivity contribution in [2.24, 2.45) is 0 Å². The maximum Gasteiger partial charge on any atom is 0.264 e. The average molecular weight is 318 g/mol. The number of fused-ring (bicyclic) bond motifs is 1. The minimum Gasteiger partial charge on any atom is -0.355 e. The van der Waals surface area contributed by atoms with Gasteiger partial charge in [0.1, 0.15) is 5.56 Å². The third-order valence-electron chi connectivity index (χ3n) is 4.62. The first kappa shape index (κ1) is 14.7. The molecular weight excluding hydrogens is 300 g/mol. The Morgan fingerprint density at radius 3 is 2.67 bits per heavy atom. The largest absolute Gasteiger partial charge is 0.355 e. The van der Waals surface area contributed by atoms with Crippen LogP contribution in [0, 0.1) is 13.8 Å². The maximum atomic E-state index is 13.2. The molecule has 1 aromatic heterocycles. The van der Waals surface area contributed by atoms with E-state index in [1.165, 1.54) is 11.1 Å². The fraction of sp³-hybridized carbons (Fsp3) is 0.200. The highest BCUT2D eigenvalue weighted by atomic mass is 16.5. The van der Waals surface area contributed by atoms with E-state index in [9.17, 15) is 4.79 Å². The highest BCUT2D eigenvalue weighted by molar-refractivity contribution is 6.11. The van der Waals surface area contributed by atoms with Crippen LogP contribution in [0.2, 0.25) is 0 Å². The smallest absolute Gasteiger partial charge is 0.264 e. The van der Waals surface area contributed by atoms with Crippen molar-refractivity contribution in [3.05, 3.63) is 70.9 Å². The van der Waals surface area contributed by atoms with Crippen LogP contribution < -0.4 is 4.90 Å². The molecule has 0 aliphatic carbocycles. The van der Waals surface area contributed by atoms with Crippen molar-refractivity contribution in [2.45, 2.75) is 20.3 Å². The first-order chi connectivity index (χ1) is 11.7. The Bertz CT molecular complexity index is 913. The lowest BCUT2D eigenvalue weighted by atomic mass is 10.1. The van der Waals surface area contributed by atoms with Crippen LogP contribution in [0.4, 0.5) is 5.69 Å². The van der Waals surface area contributed by atoms with E-state index in [2.05, 4.69) is 18.1 Å². The van der Waals surface area contributed by atoms with Crippen LogP contribution in [0.5, 0.6) is 0 Å². The van der Waals surface area contributed by atoms with E-state index in [0.29, 0.717) is 23.6 Å². The van der Waals surface area contributed by atoms with Crippen LogP contribution in [0.1, 0.15) is 27.2 Å². The molecule has 1 aliphatic rings. The molecule has 4 heteroatoms. The highest BCUT2D eigenvalue weighted by Gasteiger charge is 2.31. The lowest BCUT2D eigenvalue weighted by molar-refractivity contribution is 0.0989. The van der Waals surface area contributed by atoms with Crippen LogP contribution in [-0.2, 0) is 6.42 Å². The maximum absolute atomic E-state index is 13.2. The van der Waals surface area contributed by atoms with Crippen LogP contribution in [-0.4, -0.2) is 17.6 Å². The molecule has 0 saturated carbocycles. The molecule has 24 heavy (non-hydrogen) atoms. The zero-order valence-electron chi connectivity index (χ0n) is 13.7. The summed E-state index contributed by atoms with van der Waals surface area (Å²) in [6.45, 7) is 4.60. The number of aromatic nitrogens is 1. The van der Waals surface area contributed by atoms with Gasteiger partial charge in [-0.05, 0) is 37.5 Å². The summed E-state index contributed by atoms with van der Waals surface area (Å²) in [6.07, 6.45) is 0.888. The number of carbonyl (C=O) groups is 1. The second kappa shape index (κ2) is 5.64. The summed E-state index contributed by atoms with van der Waals surface area (Å²) in [6, 6.07) is 15.8. The zero-order valence-corrected chi connectivity index (χ0v) is 13.7. The molecule has 3 aromatic rings. The van der Waals surface area contributed by atoms with Gasteiger partial charge < -0.3 is 9.42 Å². The van der Waals surface area contributed by atoms with Crippen molar-refractivity contribution in [3.8, 4) is 11.3 Å². The summed E-state index contributed by atoms with van der Waals surface area (Å²) in [5.41, 5.74) is 5.52. The topological polar surface area (TPSA) is 46.3 Å². The Morgan fingerprint density at radius 2 is 1.88 bits per heavy atom. The molecule has 0 bridgehead atoms. The molecule has 1 amide bonds. The SMILES string of the molecule is Cc1cccc2c1CCN2C(=O)c1c(C)noc1-c1ccccc1. The third kappa shape index (κ3) is 2.22. The number of anilines is 1.